The molecule has 0 bridgehead atoms. The molecule has 0 N–H and O–H groups in total. The van der Waals surface area contributed by atoms with Gasteiger partial charge in [0.2, 0.25) is 0 Å². The van der Waals surface area contributed by atoms with Crippen LogP contribution in [0.15, 0.2) is 23.8 Å². The van der Waals surface area contributed by atoms with Crippen molar-refractivity contribution in [1.82, 2.24) is 0 Å². The second-order valence-electron chi connectivity index (χ2n) is 3.34. The molecule has 0 fully saturated rings. The molecule has 64 valence electrons. The van der Waals surface area contributed by atoms with Gasteiger partial charge in [0.15, 0.2) is 0 Å². The van der Waals surface area contributed by atoms with Gasteiger partial charge in [-0.05, 0) is 19.3 Å². The number of allylic oxidation sites excluding steroid dienone is 4. The molecular formula is C11H20. The quantitative estimate of drug-likeness (QED) is 0.535. The SMILES string of the molecule is CCC/C=C(C)\C=C/C(C)C. The van der Waals surface area contributed by atoms with Crippen LogP contribution in [0.4, 0.5) is 0 Å². The maximum atomic E-state index is 2.29. The Morgan fingerprint density at radius 2 is 2.00 bits per heavy atom. The highest BCUT2D eigenvalue weighted by molar-refractivity contribution is 5.15. The van der Waals surface area contributed by atoms with Gasteiger partial charge in [0, 0.05) is 0 Å². The minimum absolute atomic E-state index is 0.667. The highest BCUT2D eigenvalue weighted by atomic mass is 13.9. The van der Waals surface area contributed by atoms with Crippen LogP contribution < -0.4 is 0 Å². The fourth-order valence-electron chi connectivity index (χ4n) is 0.784. The van der Waals surface area contributed by atoms with Crippen LogP contribution in [-0.4, -0.2) is 0 Å². The molecule has 0 atom stereocenters. The first-order chi connectivity index (χ1) is 5.16. The minimum Gasteiger partial charge on any atom is -0.0817 e. The van der Waals surface area contributed by atoms with Crippen molar-refractivity contribution in [2.75, 3.05) is 0 Å². The highest BCUT2D eigenvalue weighted by Crippen LogP contribution is 2.02. The Balaban J connectivity index is 3.75. The monoisotopic (exact) mass is 152 g/mol. The predicted molar refractivity (Wildman–Crippen MR) is 52.6 cm³/mol. The minimum atomic E-state index is 0.667. The van der Waals surface area contributed by atoms with E-state index in [1.807, 2.05) is 0 Å². The fraction of sp³-hybridized carbons (Fsp3) is 0.636. The van der Waals surface area contributed by atoms with Crippen LogP contribution in [0.1, 0.15) is 40.5 Å². The van der Waals surface area contributed by atoms with Crippen molar-refractivity contribution in [3.05, 3.63) is 23.8 Å². The Morgan fingerprint density at radius 1 is 1.36 bits per heavy atom. The molecule has 0 spiro atoms. The molecular weight excluding hydrogens is 132 g/mol. The number of unbranched alkanes of at least 4 members (excludes halogenated alkanes) is 1. The van der Waals surface area contributed by atoms with E-state index in [9.17, 15) is 0 Å². The van der Waals surface area contributed by atoms with Crippen LogP contribution in [0.25, 0.3) is 0 Å². The number of rotatable bonds is 4. The molecule has 0 heterocycles. The molecule has 0 nitrogen and oxygen atoms in total. The summed E-state index contributed by atoms with van der Waals surface area (Å²) in [5.74, 6) is 0.667. The summed E-state index contributed by atoms with van der Waals surface area (Å²) < 4.78 is 0. The van der Waals surface area contributed by atoms with Gasteiger partial charge in [-0.1, -0.05) is 51.0 Å². The zero-order chi connectivity index (χ0) is 8.69. The van der Waals surface area contributed by atoms with Crippen LogP contribution in [-0.2, 0) is 0 Å². The topological polar surface area (TPSA) is 0 Å². The zero-order valence-corrected chi connectivity index (χ0v) is 8.22. The normalized spacial score (nSPS) is 13.4. The number of hydrogen-bond donors (Lipinski definition) is 0. The van der Waals surface area contributed by atoms with Gasteiger partial charge in [-0.25, -0.2) is 0 Å². The van der Waals surface area contributed by atoms with Crippen molar-refractivity contribution < 1.29 is 0 Å². The smallest absolute Gasteiger partial charge is 0.0287 e. The van der Waals surface area contributed by atoms with Gasteiger partial charge in [-0.2, -0.15) is 0 Å². The Bertz CT molecular complexity index is 138. The van der Waals surface area contributed by atoms with Crippen LogP contribution in [0.5, 0.6) is 0 Å². The molecule has 0 heteroatoms. The molecule has 0 rings (SSSR count). The summed E-state index contributed by atoms with van der Waals surface area (Å²) in [6.07, 6.45) is 9.18. The van der Waals surface area contributed by atoms with E-state index in [0.29, 0.717) is 5.92 Å². The molecule has 0 aromatic rings. The summed E-state index contributed by atoms with van der Waals surface area (Å²) in [6.45, 7) is 8.76. The van der Waals surface area contributed by atoms with Crippen LogP contribution in [0.3, 0.4) is 0 Å². The summed E-state index contributed by atoms with van der Waals surface area (Å²) in [5.41, 5.74) is 1.39. The van der Waals surface area contributed by atoms with Gasteiger partial charge in [0.25, 0.3) is 0 Å². The first-order valence-electron chi connectivity index (χ1n) is 4.51. The van der Waals surface area contributed by atoms with E-state index in [4.69, 9.17) is 0 Å². The Kier molecular flexibility index (Phi) is 5.91. The summed E-state index contributed by atoms with van der Waals surface area (Å²) in [5, 5.41) is 0. The van der Waals surface area contributed by atoms with Crippen molar-refractivity contribution in [3.8, 4) is 0 Å². The summed E-state index contributed by atoms with van der Waals surface area (Å²) >= 11 is 0. The lowest BCUT2D eigenvalue weighted by Crippen LogP contribution is -1.77. The lowest BCUT2D eigenvalue weighted by molar-refractivity contribution is 0.830. The lowest BCUT2D eigenvalue weighted by atomic mass is 10.1. The standard InChI is InChI=1S/C11H20/c1-5-6-7-11(4)9-8-10(2)3/h7-10H,5-6H2,1-4H3/b9-8-,11-7-. The maximum absolute atomic E-state index is 2.29. The van der Waals surface area contributed by atoms with Gasteiger partial charge in [0.05, 0.1) is 0 Å². The molecule has 0 aliphatic carbocycles. The zero-order valence-electron chi connectivity index (χ0n) is 8.22. The molecule has 0 aliphatic heterocycles. The third kappa shape index (κ3) is 7.38. The van der Waals surface area contributed by atoms with Gasteiger partial charge < -0.3 is 0 Å². The predicted octanol–water partition coefficient (Wildman–Crippen LogP) is 3.95. The van der Waals surface area contributed by atoms with Crippen LogP contribution in [0, 0.1) is 5.92 Å². The highest BCUT2D eigenvalue weighted by Gasteiger charge is 1.84. The van der Waals surface area contributed by atoms with E-state index in [-0.39, 0.29) is 0 Å². The fourth-order valence-corrected chi connectivity index (χ4v) is 0.784. The summed E-state index contributed by atoms with van der Waals surface area (Å²) in [6, 6.07) is 0. The lowest BCUT2D eigenvalue weighted by Gasteiger charge is -1.94. The molecule has 0 aromatic carbocycles. The average molecular weight is 152 g/mol. The largest absolute Gasteiger partial charge is 0.0817 e. The molecule has 0 aliphatic rings. The van der Waals surface area contributed by atoms with Gasteiger partial charge >= 0.3 is 0 Å². The van der Waals surface area contributed by atoms with E-state index < -0.39 is 0 Å². The first kappa shape index (κ1) is 10.5. The number of hydrogen-bond acceptors (Lipinski definition) is 0. The van der Waals surface area contributed by atoms with Crippen LogP contribution in [0.2, 0.25) is 0 Å². The maximum Gasteiger partial charge on any atom is -0.0287 e. The van der Waals surface area contributed by atoms with E-state index >= 15 is 0 Å². The molecule has 0 saturated carbocycles. The van der Waals surface area contributed by atoms with Gasteiger partial charge in [0.1, 0.15) is 0 Å². The summed E-state index contributed by atoms with van der Waals surface area (Å²) in [7, 11) is 0. The Morgan fingerprint density at radius 3 is 2.45 bits per heavy atom. The third-order valence-corrected chi connectivity index (χ3v) is 1.50. The molecule has 11 heavy (non-hydrogen) atoms. The second-order valence-corrected chi connectivity index (χ2v) is 3.34. The average Bonchev–Trinajstić information content (AvgIpc) is 1.97. The summed E-state index contributed by atoms with van der Waals surface area (Å²) in [4.78, 5) is 0. The van der Waals surface area contributed by atoms with Crippen molar-refractivity contribution in [2.24, 2.45) is 5.92 Å². The van der Waals surface area contributed by atoms with Crippen LogP contribution >= 0.6 is 0 Å². The van der Waals surface area contributed by atoms with E-state index in [0.717, 1.165) is 0 Å². The van der Waals surface area contributed by atoms with E-state index in [1.54, 1.807) is 0 Å². The molecule has 0 aromatic heterocycles. The second kappa shape index (κ2) is 6.21. The molecule has 0 unspecified atom stereocenters. The van der Waals surface area contributed by atoms with E-state index in [1.165, 1.54) is 18.4 Å². The van der Waals surface area contributed by atoms with Crippen molar-refractivity contribution in [2.45, 2.75) is 40.5 Å². The van der Waals surface area contributed by atoms with Crippen molar-refractivity contribution in [1.29, 1.82) is 0 Å². The van der Waals surface area contributed by atoms with Crippen molar-refractivity contribution >= 4 is 0 Å². The van der Waals surface area contributed by atoms with Crippen molar-refractivity contribution in [3.63, 3.8) is 0 Å². The first-order valence-corrected chi connectivity index (χ1v) is 4.51. The Labute approximate surface area is 71.0 Å². The molecule has 0 amide bonds. The molecule has 0 radical (unpaired) electrons. The third-order valence-electron chi connectivity index (χ3n) is 1.50. The van der Waals surface area contributed by atoms with E-state index in [2.05, 4.69) is 45.9 Å². The van der Waals surface area contributed by atoms with Gasteiger partial charge in [-0.3, -0.25) is 0 Å². The Hall–Kier alpha value is -0.520. The van der Waals surface area contributed by atoms with Gasteiger partial charge in [-0.15, -0.1) is 0 Å². The molecule has 0 saturated heterocycles.